The first-order chi connectivity index (χ1) is 22.9. The molecule has 0 bridgehead atoms. The lowest BCUT2D eigenvalue weighted by Crippen LogP contribution is -2.09. The summed E-state index contributed by atoms with van der Waals surface area (Å²) in [5, 5.41) is 2.14. The zero-order valence-corrected chi connectivity index (χ0v) is 27.3. The number of aryl methyl sites for hydroxylation is 1. The van der Waals surface area contributed by atoms with E-state index in [0.29, 0.717) is 5.65 Å². The maximum atomic E-state index is 6.75. The van der Waals surface area contributed by atoms with E-state index in [1.165, 1.54) is 33.4 Å². The van der Waals surface area contributed by atoms with Crippen LogP contribution in [0.5, 0.6) is 0 Å². The molecule has 0 spiro atoms. The number of imidazole rings is 1. The van der Waals surface area contributed by atoms with Crippen molar-refractivity contribution in [2.75, 3.05) is 0 Å². The fourth-order valence-electron chi connectivity index (χ4n) is 6.75. The lowest BCUT2D eigenvalue weighted by atomic mass is 9.88. The average Bonchev–Trinajstić information content (AvgIpc) is 3.66. The van der Waals surface area contributed by atoms with E-state index in [9.17, 15) is 0 Å². The molecule has 5 heteroatoms. The Morgan fingerprint density at radius 3 is 2.09 bits per heavy atom. The summed E-state index contributed by atoms with van der Waals surface area (Å²) in [7, 11) is 0. The predicted molar refractivity (Wildman–Crippen MR) is 193 cm³/mol. The molecule has 0 unspecified atom stereocenters. The minimum atomic E-state index is 0.253. The quantitative estimate of drug-likeness (QED) is 0.187. The molecular formula is C42H36N4O. The van der Waals surface area contributed by atoms with E-state index in [4.69, 9.17) is 9.40 Å². The lowest BCUT2D eigenvalue weighted by Gasteiger charge is -2.24. The molecular weight excluding hydrogens is 576 g/mol. The maximum absolute atomic E-state index is 6.75. The summed E-state index contributed by atoms with van der Waals surface area (Å²) < 4.78 is 9.03. The van der Waals surface area contributed by atoms with Gasteiger partial charge in [-0.05, 0) is 82.5 Å². The SMILES string of the molecule is Cc1ccc(-c2ccc3c(c2)oc2c(-c4nc5ncncc5n4-c4c(C(C)C)cc(-c5ccccc5)cc4C(C)C)cccc23)cc1. The minimum Gasteiger partial charge on any atom is -0.455 e. The summed E-state index contributed by atoms with van der Waals surface area (Å²) >= 11 is 0. The van der Waals surface area contributed by atoms with Gasteiger partial charge in [0.15, 0.2) is 11.5 Å². The third-order valence-electron chi connectivity index (χ3n) is 9.21. The van der Waals surface area contributed by atoms with Gasteiger partial charge in [0.2, 0.25) is 0 Å². The predicted octanol–water partition coefficient (Wildman–Crippen LogP) is 11.3. The van der Waals surface area contributed by atoms with E-state index >= 15 is 0 Å². The number of benzene rings is 5. The summed E-state index contributed by atoms with van der Waals surface area (Å²) in [4.78, 5) is 14.3. The van der Waals surface area contributed by atoms with Crippen LogP contribution >= 0.6 is 0 Å². The Hall–Kier alpha value is -5.55. The number of hydrogen-bond donors (Lipinski definition) is 0. The second kappa shape index (κ2) is 11.4. The monoisotopic (exact) mass is 612 g/mol. The second-order valence-electron chi connectivity index (χ2n) is 13.0. The number of para-hydroxylation sites is 1. The number of nitrogens with zero attached hydrogens (tertiary/aromatic N) is 4. The topological polar surface area (TPSA) is 56.7 Å². The molecule has 8 aromatic rings. The smallest absolute Gasteiger partial charge is 0.181 e. The molecule has 3 heterocycles. The Balaban J connectivity index is 1.40. The normalized spacial score (nSPS) is 11.9. The van der Waals surface area contributed by atoms with Crippen LogP contribution in [0.4, 0.5) is 0 Å². The molecule has 230 valence electrons. The standard InChI is InChI=1S/C42H36N4O/c1-25(2)35-20-31(28-10-7-6-8-11-28)21-36(26(3)4)39(35)46-37-23-43-24-44-41(37)45-42(46)34-13-9-12-33-32-19-18-30(22-38(32)47-40(33)34)29-16-14-27(5)15-17-29/h6-26H,1-5H3. The Morgan fingerprint density at radius 1 is 0.660 bits per heavy atom. The van der Waals surface area contributed by atoms with E-state index in [1.807, 2.05) is 6.20 Å². The van der Waals surface area contributed by atoms with Crippen LogP contribution in [0.2, 0.25) is 0 Å². The van der Waals surface area contributed by atoms with Crippen LogP contribution in [0.25, 0.3) is 72.4 Å². The Morgan fingerprint density at radius 2 is 1.36 bits per heavy atom. The summed E-state index contributed by atoms with van der Waals surface area (Å²) in [6.07, 6.45) is 3.45. The fourth-order valence-corrected chi connectivity index (χ4v) is 6.75. The largest absolute Gasteiger partial charge is 0.455 e. The van der Waals surface area contributed by atoms with Crippen LogP contribution in [0, 0.1) is 6.92 Å². The van der Waals surface area contributed by atoms with Crippen molar-refractivity contribution < 1.29 is 4.42 Å². The third-order valence-corrected chi connectivity index (χ3v) is 9.21. The average molecular weight is 613 g/mol. The Kier molecular flexibility index (Phi) is 6.98. The Labute approximate surface area is 274 Å². The van der Waals surface area contributed by atoms with Crippen molar-refractivity contribution in [3.63, 3.8) is 0 Å². The van der Waals surface area contributed by atoms with Gasteiger partial charge in [-0.3, -0.25) is 4.57 Å². The first-order valence-electron chi connectivity index (χ1n) is 16.3. The van der Waals surface area contributed by atoms with Crippen LogP contribution in [-0.2, 0) is 0 Å². The van der Waals surface area contributed by atoms with Gasteiger partial charge in [-0.1, -0.05) is 106 Å². The van der Waals surface area contributed by atoms with Crippen LogP contribution in [-0.4, -0.2) is 19.5 Å². The van der Waals surface area contributed by atoms with E-state index < -0.39 is 0 Å². The van der Waals surface area contributed by atoms with Gasteiger partial charge in [0.25, 0.3) is 0 Å². The van der Waals surface area contributed by atoms with Crippen LogP contribution in [0.1, 0.15) is 56.2 Å². The molecule has 5 nitrogen and oxygen atoms in total. The number of rotatable bonds is 6. The van der Waals surface area contributed by atoms with Crippen molar-refractivity contribution in [2.24, 2.45) is 0 Å². The van der Waals surface area contributed by atoms with Crippen molar-refractivity contribution in [1.82, 2.24) is 19.5 Å². The summed E-state index contributed by atoms with van der Waals surface area (Å²) in [5.74, 6) is 1.30. The highest BCUT2D eigenvalue weighted by Crippen LogP contribution is 2.42. The fraction of sp³-hybridized carbons (Fsp3) is 0.167. The molecule has 0 amide bonds. The summed E-state index contributed by atoms with van der Waals surface area (Å²) in [5.41, 5.74) is 13.7. The van der Waals surface area contributed by atoms with E-state index in [0.717, 1.165) is 50.1 Å². The summed E-state index contributed by atoms with van der Waals surface area (Å²) in [6, 6.07) is 36.8. The first kappa shape index (κ1) is 28.9. The highest BCUT2D eigenvalue weighted by molar-refractivity contribution is 6.10. The van der Waals surface area contributed by atoms with Crippen molar-refractivity contribution in [1.29, 1.82) is 0 Å². The van der Waals surface area contributed by atoms with Crippen molar-refractivity contribution in [3.8, 4) is 39.3 Å². The molecule has 0 atom stereocenters. The molecule has 0 aliphatic carbocycles. The molecule has 8 rings (SSSR count). The molecule has 3 aromatic heterocycles. The van der Waals surface area contributed by atoms with Gasteiger partial charge in [0.05, 0.1) is 17.4 Å². The number of furan rings is 1. The molecule has 0 saturated heterocycles. The molecule has 0 N–H and O–H groups in total. The van der Waals surface area contributed by atoms with E-state index in [2.05, 4.69) is 152 Å². The van der Waals surface area contributed by atoms with Crippen molar-refractivity contribution >= 4 is 33.1 Å². The first-order valence-corrected chi connectivity index (χ1v) is 16.3. The van der Waals surface area contributed by atoms with Crippen LogP contribution < -0.4 is 0 Å². The summed E-state index contributed by atoms with van der Waals surface area (Å²) in [6.45, 7) is 11.2. The Bertz CT molecular complexity index is 2390. The zero-order valence-electron chi connectivity index (χ0n) is 27.3. The van der Waals surface area contributed by atoms with Gasteiger partial charge in [-0.15, -0.1) is 0 Å². The van der Waals surface area contributed by atoms with Gasteiger partial charge < -0.3 is 4.42 Å². The highest BCUT2D eigenvalue weighted by Gasteiger charge is 2.26. The number of hydrogen-bond acceptors (Lipinski definition) is 4. The molecule has 0 saturated carbocycles. The van der Waals surface area contributed by atoms with Gasteiger partial charge in [0, 0.05) is 10.8 Å². The molecule has 0 aliphatic rings. The van der Waals surface area contributed by atoms with Gasteiger partial charge in [-0.25, -0.2) is 15.0 Å². The zero-order chi connectivity index (χ0) is 32.2. The third kappa shape index (κ3) is 4.90. The lowest BCUT2D eigenvalue weighted by molar-refractivity contribution is 0.669. The van der Waals surface area contributed by atoms with E-state index in [-0.39, 0.29) is 11.8 Å². The number of aromatic nitrogens is 4. The van der Waals surface area contributed by atoms with Gasteiger partial charge in [-0.2, -0.15) is 0 Å². The van der Waals surface area contributed by atoms with Gasteiger partial charge >= 0.3 is 0 Å². The van der Waals surface area contributed by atoms with Crippen LogP contribution in [0.3, 0.4) is 0 Å². The molecule has 47 heavy (non-hydrogen) atoms. The highest BCUT2D eigenvalue weighted by atomic mass is 16.3. The van der Waals surface area contributed by atoms with Gasteiger partial charge in [0.1, 0.15) is 23.0 Å². The van der Waals surface area contributed by atoms with Crippen molar-refractivity contribution in [2.45, 2.75) is 46.5 Å². The second-order valence-corrected chi connectivity index (χ2v) is 13.0. The number of fused-ring (bicyclic) bond motifs is 4. The molecule has 0 radical (unpaired) electrons. The van der Waals surface area contributed by atoms with Crippen molar-refractivity contribution in [3.05, 3.63) is 132 Å². The molecule has 0 fully saturated rings. The minimum absolute atomic E-state index is 0.253. The molecule has 0 aliphatic heterocycles. The van der Waals surface area contributed by atoms with E-state index in [1.54, 1.807) is 6.33 Å². The molecule has 5 aromatic carbocycles. The maximum Gasteiger partial charge on any atom is 0.181 e. The van der Waals surface area contributed by atoms with Crippen LogP contribution in [0.15, 0.2) is 120 Å².